The third-order valence-electron chi connectivity index (χ3n) is 4.42. The number of sulfonamides is 1. The molecular formula is C15H25N3O2S. The normalized spacial score (nSPS) is 20.0. The number of primary sulfonamides is 1. The van der Waals surface area contributed by atoms with E-state index in [2.05, 4.69) is 25.7 Å². The summed E-state index contributed by atoms with van der Waals surface area (Å²) in [6.45, 7) is 10.3. The molecule has 1 aromatic carbocycles. The van der Waals surface area contributed by atoms with E-state index in [9.17, 15) is 8.42 Å². The summed E-state index contributed by atoms with van der Waals surface area (Å²) in [4.78, 5) is 2.34. The lowest BCUT2D eigenvalue weighted by Crippen LogP contribution is -2.27. The zero-order valence-corrected chi connectivity index (χ0v) is 14.0. The third kappa shape index (κ3) is 3.32. The van der Waals surface area contributed by atoms with Gasteiger partial charge in [-0.3, -0.25) is 0 Å². The van der Waals surface area contributed by atoms with Crippen LogP contribution in [0.1, 0.15) is 32.8 Å². The van der Waals surface area contributed by atoms with Gasteiger partial charge < -0.3 is 10.6 Å². The maximum atomic E-state index is 11.7. The molecule has 118 valence electrons. The first-order valence-electron chi connectivity index (χ1n) is 7.18. The Bertz CT molecular complexity index is 648. The van der Waals surface area contributed by atoms with E-state index in [0.29, 0.717) is 17.2 Å². The molecule has 1 atom stereocenters. The third-order valence-corrected chi connectivity index (χ3v) is 5.45. The summed E-state index contributed by atoms with van der Waals surface area (Å²) in [6.07, 6.45) is 1.10. The van der Waals surface area contributed by atoms with Gasteiger partial charge >= 0.3 is 0 Å². The second-order valence-electron chi connectivity index (χ2n) is 7.01. The van der Waals surface area contributed by atoms with Crippen LogP contribution >= 0.6 is 0 Å². The van der Waals surface area contributed by atoms with Crippen molar-refractivity contribution in [1.29, 1.82) is 0 Å². The van der Waals surface area contributed by atoms with Gasteiger partial charge in [0.15, 0.2) is 0 Å². The highest BCUT2D eigenvalue weighted by Gasteiger charge is 2.33. The summed E-state index contributed by atoms with van der Waals surface area (Å²) in [7, 11) is -3.76. The van der Waals surface area contributed by atoms with Crippen LogP contribution in [-0.2, 0) is 10.0 Å². The van der Waals surface area contributed by atoms with Crippen molar-refractivity contribution >= 4 is 21.4 Å². The van der Waals surface area contributed by atoms with E-state index in [4.69, 9.17) is 10.9 Å². The van der Waals surface area contributed by atoms with Crippen LogP contribution in [0.4, 0.5) is 11.4 Å². The van der Waals surface area contributed by atoms with E-state index >= 15 is 0 Å². The number of nitrogens with zero attached hydrogens (tertiary/aromatic N) is 1. The maximum Gasteiger partial charge on any atom is 0.238 e. The lowest BCUT2D eigenvalue weighted by Gasteiger charge is -2.28. The molecule has 0 aliphatic carbocycles. The standard InChI is InChI=1S/C15H25N3O2S/c1-10-13(7-12(16)8-14(10)21(17,19)20)18-6-5-11(9-18)15(2,3)4/h7-8,11H,5-6,9,16H2,1-4H3,(H2,17,19,20). The van der Waals surface area contributed by atoms with E-state index < -0.39 is 10.0 Å². The highest BCUT2D eigenvalue weighted by molar-refractivity contribution is 7.89. The summed E-state index contributed by atoms with van der Waals surface area (Å²) >= 11 is 0. The van der Waals surface area contributed by atoms with Crippen molar-refractivity contribution in [3.05, 3.63) is 17.7 Å². The van der Waals surface area contributed by atoms with Crippen LogP contribution in [0.15, 0.2) is 17.0 Å². The molecule has 4 N–H and O–H groups in total. The Kier molecular flexibility index (Phi) is 3.97. The van der Waals surface area contributed by atoms with Crippen LogP contribution < -0.4 is 15.8 Å². The number of hydrogen-bond acceptors (Lipinski definition) is 4. The second kappa shape index (κ2) is 5.18. The van der Waals surface area contributed by atoms with Gasteiger partial charge in [0, 0.05) is 24.5 Å². The predicted molar refractivity (Wildman–Crippen MR) is 86.7 cm³/mol. The van der Waals surface area contributed by atoms with Crippen LogP contribution in [0.3, 0.4) is 0 Å². The first kappa shape index (κ1) is 16.1. The topological polar surface area (TPSA) is 89.4 Å². The van der Waals surface area contributed by atoms with Crippen LogP contribution in [0.2, 0.25) is 0 Å². The van der Waals surface area contributed by atoms with Crippen LogP contribution in [0, 0.1) is 18.3 Å². The molecule has 1 aliphatic heterocycles. The lowest BCUT2D eigenvalue weighted by molar-refractivity contribution is 0.263. The Morgan fingerprint density at radius 2 is 1.90 bits per heavy atom. The SMILES string of the molecule is Cc1c(N2CCC(C(C)(C)C)C2)cc(N)cc1S(N)(=O)=O. The van der Waals surface area contributed by atoms with Crippen molar-refractivity contribution in [1.82, 2.24) is 0 Å². The van der Waals surface area contributed by atoms with Crippen molar-refractivity contribution in [3.8, 4) is 0 Å². The number of rotatable bonds is 2. The highest BCUT2D eigenvalue weighted by Crippen LogP contribution is 2.38. The molecule has 0 saturated carbocycles. The summed E-state index contributed by atoms with van der Waals surface area (Å²) in [5.74, 6) is 0.580. The smallest absolute Gasteiger partial charge is 0.238 e. The monoisotopic (exact) mass is 311 g/mol. The van der Waals surface area contributed by atoms with Gasteiger partial charge in [-0.05, 0) is 42.4 Å². The number of benzene rings is 1. The molecule has 5 nitrogen and oxygen atoms in total. The second-order valence-corrected chi connectivity index (χ2v) is 8.54. The lowest BCUT2D eigenvalue weighted by atomic mass is 9.80. The molecule has 1 saturated heterocycles. The molecule has 1 heterocycles. The first-order valence-corrected chi connectivity index (χ1v) is 8.72. The fraction of sp³-hybridized carbons (Fsp3) is 0.600. The number of anilines is 2. The predicted octanol–water partition coefficient (Wildman–Crippen LogP) is 2.10. The van der Waals surface area contributed by atoms with Crippen molar-refractivity contribution in [2.75, 3.05) is 23.7 Å². The van der Waals surface area contributed by atoms with Crippen LogP contribution in [-0.4, -0.2) is 21.5 Å². The van der Waals surface area contributed by atoms with Crippen molar-refractivity contribution in [3.63, 3.8) is 0 Å². The molecule has 1 unspecified atom stereocenters. The Morgan fingerprint density at radius 1 is 1.29 bits per heavy atom. The molecule has 0 spiro atoms. The fourth-order valence-electron chi connectivity index (χ4n) is 3.00. The summed E-state index contributed by atoms with van der Waals surface area (Å²) in [5.41, 5.74) is 8.10. The molecule has 1 aliphatic rings. The molecule has 0 aromatic heterocycles. The van der Waals surface area contributed by atoms with Gasteiger partial charge in [-0.25, -0.2) is 13.6 Å². The highest BCUT2D eigenvalue weighted by atomic mass is 32.2. The average Bonchev–Trinajstić information content (AvgIpc) is 2.79. The minimum absolute atomic E-state index is 0.122. The Morgan fingerprint density at radius 3 is 2.38 bits per heavy atom. The first-order chi connectivity index (χ1) is 9.50. The summed E-state index contributed by atoms with van der Waals surface area (Å²) in [6, 6.07) is 3.28. The molecule has 2 rings (SSSR count). The minimum atomic E-state index is -3.76. The van der Waals surface area contributed by atoms with Crippen molar-refractivity contribution < 1.29 is 8.42 Å². The van der Waals surface area contributed by atoms with Crippen molar-refractivity contribution in [2.24, 2.45) is 16.5 Å². The molecule has 1 aromatic rings. The Balaban J connectivity index is 2.41. The molecule has 0 amide bonds. The molecule has 0 radical (unpaired) electrons. The maximum absolute atomic E-state index is 11.7. The van der Waals surface area contributed by atoms with Gasteiger partial charge in [0.05, 0.1) is 4.90 Å². The molecular weight excluding hydrogens is 286 g/mol. The Labute approximate surface area is 127 Å². The van der Waals surface area contributed by atoms with Crippen LogP contribution in [0.5, 0.6) is 0 Å². The van der Waals surface area contributed by atoms with Gasteiger partial charge in [0.2, 0.25) is 10.0 Å². The van der Waals surface area contributed by atoms with Gasteiger partial charge in [-0.1, -0.05) is 20.8 Å². The number of hydrogen-bond donors (Lipinski definition) is 2. The summed E-state index contributed by atoms with van der Waals surface area (Å²) < 4.78 is 23.4. The molecule has 6 heteroatoms. The molecule has 21 heavy (non-hydrogen) atoms. The number of nitrogen functional groups attached to an aromatic ring is 1. The van der Waals surface area contributed by atoms with Gasteiger partial charge in [-0.15, -0.1) is 0 Å². The Hall–Kier alpha value is -1.27. The van der Waals surface area contributed by atoms with Gasteiger partial charge in [-0.2, -0.15) is 0 Å². The fourth-order valence-corrected chi connectivity index (χ4v) is 3.84. The largest absolute Gasteiger partial charge is 0.399 e. The van der Waals surface area contributed by atoms with Crippen molar-refractivity contribution in [2.45, 2.75) is 39.0 Å². The quantitative estimate of drug-likeness (QED) is 0.818. The zero-order valence-electron chi connectivity index (χ0n) is 13.2. The van der Waals surface area contributed by atoms with E-state index in [0.717, 1.165) is 25.2 Å². The average molecular weight is 311 g/mol. The van der Waals surface area contributed by atoms with E-state index in [-0.39, 0.29) is 10.3 Å². The summed E-state index contributed by atoms with van der Waals surface area (Å²) in [5, 5.41) is 5.29. The van der Waals surface area contributed by atoms with Gasteiger partial charge in [0.1, 0.15) is 0 Å². The zero-order chi connectivity index (χ0) is 16.0. The molecule has 0 bridgehead atoms. The number of nitrogens with two attached hydrogens (primary N) is 2. The van der Waals surface area contributed by atoms with E-state index in [1.807, 2.05) is 6.07 Å². The molecule has 1 fully saturated rings. The van der Waals surface area contributed by atoms with E-state index in [1.54, 1.807) is 6.92 Å². The van der Waals surface area contributed by atoms with Crippen LogP contribution in [0.25, 0.3) is 0 Å². The van der Waals surface area contributed by atoms with E-state index in [1.165, 1.54) is 6.07 Å². The van der Waals surface area contributed by atoms with Gasteiger partial charge in [0.25, 0.3) is 0 Å². The minimum Gasteiger partial charge on any atom is -0.399 e.